The van der Waals surface area contributed by atoms with E-state index in [1.165, 1.54) is 6.07 Å². The van der Waals surface area contributed by atoms with Crippen molar-refractivity contribution in [2.75, 3.05) is 18.1 Å². The van der Waals surface area contributed by atoms with E-state index >= 15 is 0 Å². The molecule has 106 valence electrons. The Morgan fingerprint density at radius 3 is 3.00 bits per heavy atom. The molecule has 4 nitrogen and oxygen atoms in total. The zero-order valence-corrected chi connectivity index (χ0v) is 11.4. The van der Waals surface area contributed by atoms with Gasteiger partial charge in [0.2, 0.25) is 11.7 Å². The van der Waals surface area contributed by atoms with Crippen molar-refractivity contribution in [3.05, 3.63) is 35.7 Å². The third-order valence-corrected chi connectivity index (χ3v) is 4.20. The van der Waals surface area contributed by atoms with Gasteiger partial charge in [-0.15, -0.1) is 0 Å². The average Bonchev–Trinajstić information content (AvgIpc) is 2.91. The first-order chi connectivity index (χ1) is 9.72. The van der Waals surface area contributed by atoms with Crippen molar-refractivity contribution in [2.45, 2.75) is 12.5 Å². The molecule has 1 aliphatic rings. The van der Waals surface area contributed by atoms with E-state index in [9.17, 15) is 8.78 Å². The predicted octanol–water partition coefficient (Wildman–Crippen LogP) is 2.26. The number of nitrogens with zero attached hydrogens (tertiary/aromatic N) is 2. The minimum absolute atomic E-state index is 0.280. The molecule has 0 aliphatic carbocycles. The molecule has 1 aromatic carbocycles. The van der Waals surface area contributed by atoms with Crippen molar-refractivity contribution in [3.8, 4) is 11.4 Å². The van der Waals surface area contributed by atoms with Crippen LogP contribution in [-0.4, -0.2) is 34.2 Å². The van der Waals surface area contributed by atoms with Crippen LogP contribution in [0, 0.1) is 11.6 Å². The molecule has 0 saturated carbocycles. The summed E-state index contributed by atoms with van der Waals surface area (Å²) < 4.78 is 31.2. The molecule has 1 atom stereocenters. The second-order valence-electron chi connectivity index (χ2n) is 4.57. The van der Waals surface area contributed by atoms with Crippen molar-refractivity contribution in [2.24, 2.45) is 0 Å². The number of thioether (sulfide) groups is 1. The molecule has 1 saturated heterocycles. The molecule has 1 unspecified atom stereocenters. The minimum atomic E-state index is -0.917. The Hall–Kier alpha value is -1.47. The van der Waals surface area contributed by atoms with Gasteiger partial charge in [-0.25, -0.2) is 8.78 Å². The highest BCUT2D eigenvalue weighted by Crippen LogP contribution is 2.19. The zero-order chi connectivity index (χ0) is 13.9. The van der Waals surface area contributed by atoms with E-state index < -0.39 is 11.6 Å². The summed E-state index contributed by atoms with van der Waals surface area (Å²) >= 11 is 1.89. The molecular formula is C13H13F2N3OS. The topological polar surface area (TPSA) is 51.0 Å². The lowest BCUT2D eigenvalue weighted by molar-refractivity contribution is 0.363. The number of nitrogens with one attached hydrogen (secondary N) is 1. The van der Waals surface area contributed by atoms with Gasteiger partial charge in [0.1, 0.15) is 0 Å². The molecule has 1 aliphatic heterocycles. The maximum atomic E-state index is 13.2. The highest BCUT2D eigenvalue weighted by Gasteiger charge is 2.18. The Morgan fingerprint density at radius 1 is 1.35 bits per heavy atom. The number of benzene rings is 1. The summed E-state index contributed by atoms with van der Waals surface area (Å²) in [5.74, 6) is 1.09. The Labute approximate surface area is 118 Å². The molecule has 0 amide bonds. The summed E-state index contributed by atoms with van der Waals surface area (Å²) in [7, 11) is 0. The molecule has 0 spiro atoms. The van der Waals surface area contributed by atoms with Gasteiger partial charge in [0.15, 0.2) is 11.6 Å². The van der Waals surface area contributed by atoms with Crippen LogP contribution in [0.1, 0.15) is 5.89 Å². The molecule has 1 aromatic heterocycles. The normalized spacial score (nSPS) is 19.2. The Bertz CT molecular complexity index is 599. The van der Waals surface area contributed by atoms with Crippen LogP contribution in [-0.2, 0) is 6.42 Å². The van der Waals surface area contributed by atoms with E-state index in [1.54, 1.807) is 0 Å². The van der Waals surface area contributed by atoms with E-state index in [4.69, 9.17) is 4.52 Å². The highest BCUT2D eigenvalue weighted by molar-refractivity contribution is 7.99. The van der Waals surface area contributed by atoms with E-state index in [-0.39, 0.29) is 5.82 Å². The van der Waals surface area contributed by atoms with Crippen LogP contribution in [0.25, 0.3) is 11.4 Å². The van der Waals surface area contributed by atoms with Crippen molar-refractivity contribution < 1.29 is 13.3 Å². The molecule has 0 bridgehead atoms. The number of aromatic nitrogens is 2. The van der Waals surface area contributed by atoms with Gasteiger partial charge in [0.05, 0.1) is 0 Å². The molecule has 7 heteroatoms. The third-order valence-electron chi connectivity index (χ3n) is 3.07. The molecule has 2 aromatic rings. The number of hydrogen-bond donors (Lipinski definition) is 1. The molecule has 1 N–H and O–H groups in total. The van der Waals surface area contributed by atoms with E-state index in [0.29, 0.717) is 23.9 Å². The number of halogens is 2. The maximum absolute atomic E-state index is 13.2. The van der Waals surface area contributed by atoms with Crippen LogP contribution in [0.5, 0.6) is 0 Å². The third kappa shape index (κ3) is 2.99. The van der Waals surface area contributed by atoms with Crippen molar-refractivity contribution >= 4 is 11.8 Å². The Morgan fingerprint density at radius 2 is 2.25 bits per heavy atom. The smallest absolute Gasteiger partial charge is 0.228 e. The summed E-state index contributed by atoms with van der Waals surface area (Å²) in [6.45, 7) is 0.972. The summed E-state index contributed by atoms with van der Waals surface area (Å²) in [4.78, 5) is 4.23. The highest BCUT2D eigenvalue weighted by atomic mass is 32.2. The molecule has 1 fully saturated rings. The fourth-order valence-electron chi connectivity index (χ4n) is 2.05. The van der Waals surface area contributed by atoms with Crippen molar-refractivity contribution in [3.63, 3.8) is 0 Å². The van der Waals surface area contributed by atoms with Gasteiger partial charge in [0, 0.05) is 36.1 Å². The van der Waals surface area contributed by atoms with Crippen molar-refractivity contribution in [1.82, 2.24) is 15.5 Å². The van der Waals surface area contributed by atoms with Crippen LogP contribution in [0.2, 0.25) is 0 Å². The first kappa shape index (κ1) is 13.5. The number of hydrogen-bond acceptors (Lipinski definition) is 5. The van der Waals surface area contributed by atoms with Gasteiger partial charge >= 0.3 is 0 Å². The molecule has 2 heterocycles. The van der Waals surface area contributed by atoms with Gasteiger partial charge in [-0.3, -0.25) is 0 Å². The van der Waals surface area contributed by atoms with Gasteiger partial charge in [-0.05, 0) is 18.2 Å². The quantitative estimate of drug-likeness (QED) is 0.942. The van der Waals surface area contributed by atoms with E-state index in [2.05, 4.69) is 15.5 Å². The van der Waals surface area contributed by atoms with Crippen molar-refractivity contribution in [1.29, 1.82) is 0 Å². The Kier molecular flexibility index (Phi) is 3.98. The lowest BCUT2D eigenvalue weighted by Gasteiger charge is -2.21. The summed E-state index contributed by atoms with van der Waals surface area (Å²) in [5.41, 5.74) is 0.407. The standard InChI is InChI=1S/C13H13F2N3OS/c14-10-2-1-8(5-11(10)15)13-17-12(19-18-13)6-9-7-20-4-3-16-9/h1-2,5,9,16H,3-4,6-7H2. The average molecular weight is 297 g/mol. The van der Waals surface area contributed by atoms with Crippen LogP contribution >= 0.6 is 11.8 Å². The van der Waals surface area contributed by atoms with Gasteiger partial charge in [0.25, 0.3) is 0 Å². The van der Waals surface area contributed by atoms with Crippen LogP contribution in [0.15, 0.2) is 22.7 Å². The summed E-state index contributed by atoms with van der Waals surface area (Å²) in [5, 5.41) is 7.19. The Balaban J connectivity index is 1.73. The van der Waals surface area contributed by atoms with E-state index in [0.717, 1.165) is 30.2 Å². The maximum Gasteiger partial charge on any atom is 0.228 e. The first-order valence-electron chi connectivity index (χ1n) is 6.31. The minimum Gasteiger partial charge on any atom is -0.339 e. The second-order valence-corrected chi connectivity index (χ2v) is 5.72. The number of rotatable bonds is 3. The van der Waals surface area contributed by atoms with Gasteiger partial charge in [-0.1, -0.05) is 5.16 Å². The van der Waals surface area contributed by atoms with Gasteiger partial charge in [-0.2, -0.15) is 16.7 Å². The molecule has 20 heavy (non-hydrogen) atoms. The fraction of sp³-hybridized carbons (Fsp3) is 0.385. The molecule has 0 radical (unpaired) electrons. The van der Waals surface area contributed by atoms with Crippen LogP contribution in [0.3, 0.4) is 0 Å². The summed E-state index contributed by atoms with van der Waals surface area (Å²) in [6.07, 6.45) is 0.643. The van der Waals surface area contributed by atoms with Crippen LogP contribution < -0.4 is 5.32 Å². The first-order valence-corrected chi connectivity index (χ1v) is 7.47. The molecule has 3 rings (SSSR count). The predicted molar refractivity (Wildman–Crippen MR) is 72.5 cm³/mol. The summed E-state index contributed by atoms with van der Waals surface area (Å²) in [6, 6.07) is 3.87. The lowest BCUT2D eigenvalue weighted by atomic mass is 10.2. The van der Waals surface area contributed by atoms with Gasteiger partial charge < -0.3 is 9.84 Å². The SMILES string of the molecule is Fc1ccc(-c2noc(CC3CSCCN3)n2)cc1F. The van der Waals surface area contributed by atoms with E-state index in [1.807, 2.05) is 11.8 Å². The largest absolute Gasteiger partial charge is 0.339 e. The van der Waals surface area contributed by atoms with Crippen LogP contribution in [0.4, 0.5) is 8.78 Å². The monoisotopic (exact) mass is 297 g/mol. The second kappa shape index (κ2) is 5.88. The fourth-order valence-corrected chi connectivity index (χ4v) is 3.00. The zero-order valence-electron chi connectivity index (χ0n) is 10.6. The lowest BCUT2D eigenvalue weighted by Crippen LogP contribution is -2.38. The molecular weight excluding hydrogens is 284 g/mol.